The number of rotatable bonds is 4. The van der Waals surface area contributed by atoms with E-state index in [1.54, 1.807) is 12.1 Å². The average molecular weight is 289 g/mol. The van der Waals surface area contributed by atoms with Gasteiger partial charge in [-0.3, -0.25) is 4.79 Å². The predicted octanol–water partition coefficient (Wildman–Crippen LogP) is 3.16. The average Bonchev–Trinajstić information content (AvgIpc) is 2.90. The molecule has 1 fully saturated rings. The molecule has 1 aromatic rings. The van der Waals surface area contributed by atoms with Crippen LogP contribution in [-0.2, 0) is 0 Å². The Kier molecular flexibility index (Phi) is 4.63. The first-order valence-electron chi connectivity index (χ1n) is 8.01. The minimum Gasteiger partial charge on any atom is -0.490 e. The third kappa shape index (κ3) is 3.69. The zero-order valence-corrected chi connectivity index (χ0v) is 12.4. The zero-order chi connectivity index (χ0) is 14.5. The molecule has 0 unspecified atom stereocenters. The SMILES string of the molecule is O=C(NCCC1CCCC1)c1ccc2c(c1)OCCCO2. The Bertz CT molecular complexity index is 495. The molecule has 0 saturated heterocycles. The number of carbonyl (C=O) groups excluding carboxylic acids is 1. The molecule has 0 bridgehead atoms. The van der Waals surface area contributed by atoms with Crippen LogP contribution >= 0.6 is 0 Å². The summed E-state index contributed by atoms with van der Waals surface area (Å²) < 4.78 is 11.2. The van der Waals surface area contributed by atoms with Crippen LogP contribution in [0.5, 0.6) is 11.5 Å². The third-order valence-corrected chi connectivity index (χ3v) is 4.32. The largest absolute Gasteiger partial charge is 0.490 e. The summed E-state index contributed by atoms with van der Waals surface area (Å²) in [6, 6.07) is 5.41. The number of hydrogen-bond acceptors (Lipinski definition) is 3. The molecule has 21 heavy (non-hydrogen) atoms. The first-order valence-corrected chi connectivity index (χ1v) is 8.01. The lowest BCUT2D eigenvalue weighted by Gasteiger charge is -2.11. The smallest absolute Gasteiger partial charge is 0.251 e. The Morgan fingerprint density at radius 2 is 1.86 bits per heavy atom. The number of nitrogens with one attached hydrogen (secondary N) is 1. The highest BCUT2D eigenvalue weighted by Crippen LogP contribution is 2.30. The van der Waals surface area contributed by atoms with Crippen LogP contribution in [-0.4, -0.2) is 25.7 Å². The molecule has 1 aromatic carbocycles. The van der Waals surface area contributed by atoms with Gasteiger partial charge in [0.15, 0.2) is 11.5 Å². The second kappa shape index (κ2) is 6.83. The van der Waals surface area contributed by atoms with Gasteiger partial charge in [0.05, 0.1) is 13.2 Å². The minimum atomic E-state index is -0.0244. The molecule has 1 saturated carbocycles. The Morgan fingerprint density at radius 3 is 2.67 bits per heavy atom. The summed E-state index contributed by atoms with van der Waals surface area (Å²) in [6.45, 7) is 2.07. The molecule has 2 aliphatic rings. The number of benzene rings is 1. The van der Waals surface area contributed by atoms with Crippen molar-refractivity contribution in [1.82, 2.24) is 5.32 Å². The van der Waals surface area contributed by atoms with Gasteiger partial charge in [-0.25, -0.2) is 0 Å². The molecular formula is C17H23NO3. The molecular weight excluding hydrogens is 266 g/mol. The highest BCUT2D eigenvalue weighted by Gasteiger charge is 2.16. The van der Waals surface area contributed by atoms with Gasteiger partial charge in [-0.05, 0) is 30.5 Å². The number of carbonyl (C=O) groups is 1. The van der Waals surface area contributed by atoms with Gasteiger partial charge in [-0.2, -0.15) is 0 Å². The number of amides is 1. The fraction of sp³-hybridized carbons (Fsp3) is 0.588. The first-order chi connectivity index (χ1) is 10.3. The van der Waals surface area contributed by atoms with Gasteiger partial charge in [0.25, 0.3) is 5.91 Å². The van der Waals surface area contributed by atoms with E-state index in [-0.39, 0.29) is 5.91 Å². The van der Waals surface area contributed by atoms with E-state index in [1.807, 2.05) is 6.07 Å². The summed E-state index contributed by atoms with van der Waals surface area (Å²) in [5, 5.41) is 3.01. The Labute approximate surface area is 125 Å². The molecule has 1 amide bonds. The van der Waals surface area contributed by atoms with Crippen molar-refractivity contribution in [3.05, 3.63) is 23.8 Å². The molecule has 0 radical (unpaired) electrons. The van der Waals surface area contributed by atoms with Crippen LogP contribution in [0.2, 0.25) is 0 Å². The summed E-state index contributed by atoms with van der Waals surface area (Å²) in [4.78, 5) is 12.2. The van der Waals surface area contributed by atoms with E-state index in [2.05, 4.69) is 5.32 Å². The maximum absolute atomic E-state index is 12.2. The summed E-state index contributed by atoms with van der Waals surface area (Å²) in [5.74, 6) is 2.18. The van der Waals surface area contributed by atoms with Gasteiger partial charge in [-0.15, -0.1) is 0 Å². The lowest BCUT2D eigenvalue weighted by atomic mass is 10.0. The van der Waals surface area contributed by atoms with E-state index in [0.717, 1.165) is 31.1 Å². The maximum atomic E-state index is 12.2. The molecule has 1 heterocycles. The van der Waals surface area contributed by atoms with Crippen molar-refractivity contribution in [2.75, 3.05) is 19.8 Å². The van der Waals surface area contributed by atoms with Crippen LogP contribution in [0.1, 0.15) is 48.9 Å². The molecule has 0 aromatic heterocycles. The van der Waals surface area contributed by atoms with Crippen LogP contribution in [0.25, 0.3) is 0 Å². The zero-order valence-electron chi connectivity index (χ0n) is 12.4. The van der Waals surface area contributed by atoms with Crippen molar-refractivity contribution >= 4 is 5.91 Å². The topological polar surface area (TPSA) is 47.6 Å². The molecule has 0 spiro atoms. The number of ether oxygens (including phenoxy) is 2. The fourth-order valence-electron chi connectivity index (χ4n) is 3.10. The standard InChI is InChI=1S/C17H23NO3/c19-17(18-9-8-13-4-1-2-5-13)14-6-7-15-16(12-14)21-11-3-10-20-15/h6-7,12-13H,1-5,8-11H2,(H,18,19). The van der Waals surface area contributed by atoms with Crippen molar-refractivity contribution in [3.63, 3.8) is 0 Å². The quantitative estimate of drug-likeness (QED) is 0.926. The molecule has 4 heteroatoms. The first kappa shape index (κ1) is 14.2. The van der Waals surface area contributed by atoms with E-state index in [1.165, 1.54) is 25.7 Å². The predicted molar refractivity (Wildman–Crippen MR) is 81.0 cm³/mol. The van der Waals surface area contributed by atoms with Crippen LogP contribution in [0.3, 0.4) is 0 Å². The van der Waals surface area contributed by atoms with Gasteiger partial charge in [0.1, 0.15) is 0 Å². The van der Waals surface area contributed by atoms with Crippen LogP contribution in [0.15, 0.2) is 18.2 Å². The minimum absolute atomic E-state index is 0.0244. The second-order valence-electron chi connectivity index (χ2n) is 5.91. The van der Waals surface area contributed by atoms with Crippen molar-refractivity contribution in [1.29, 1.82) is 0 Å². The molecule has 114 valence electrons. The van der Waals surface area contributed by atoms with Gasteiger partial charge >= 0.3 is 0 Å². The van der Waals surface area contributed by atoms with Crippen LogP contribution in [0.4, 0.5) is 0 Å². The molecule has 4 nitrogen and oxygen atoms in total. The Balaban J connectivity index is 1.55. The lowest BCUT2D eigenvalue weighted by molar-refractivity contribution is 0.0951. The second-order valence-corrected chi connectivity index (χ2v) is 5.91. The van der Waals surface area contributed by atoms with Gasteiger partial charge in [-0.1, -0.05) is 25.7 Å². The Hall–Kier alpha value is -1.71. The van der Waals surface area contributed by atoms with Crippen molar-refractivity contribution in [3.8, 4) is 11.5 Å². The van der Waals surface area contributed by atoms with Crippen LogP contribution in [0, 0.1) is 5.92 Å². The van der Waals surface area contributed by atoms with Gasteiger partial charge < -0.3 is 14.8 Å². The monoisotopic (exact) mass is 289 g/mol. The normalized spacial score (nSPS) is 18.3. The van der Waals surface area contributed by atoms with Crippen molar-refractivity contribution in [2.45, 2.75) is 38.5 Å². The van der Waals surface area contributed by atoms with Crippen molar-refractivity contribution < 1.29 is 14.3 Å². The van der Waals surface area contributed by atoms with Gasteiger partial charge in [0, 0.05) is 18.5 Å². The molecule has 1 aliphatic carbocycles. The highest BCUT2D eigenvalue weighted by molar-refractivity contribution is 5.94. The van der Waals surface area contributed by atoms with Crippen LogP contribution < -0.4 is 14.8 Å². The van der Waals surface area contributed by atoms with E-state index < -0.39 is 0 Å². The third-order valence-electron chi connectivity index (χ3n) is 4.32. The summed E-state index contributed by atoms with van der Waals surface area (Å²) in [6.07, 6.45) is 7.30. The van der Waals surface area contributed by atoms with E-state index >= 15 is 0 Å². The fourth-order valence-corrected chi connectivity index (χ4v) is 3.10. The molecule has 0 atom stereocenters. The van der Waals surface area contributed by atoms with E-state index in [0.29, 0.717) is 24.5 Å². The van der Waals surface area contributed by atoms with E-state index in [9.17, 15) is 4.79 Å². The molecule has 1 N–H and O–H groups in total. The van der Waals surface area contributed by atoms with Gasteiger partial charge in [0.2, 0.25) is 0 Å². The maximum Gasteiger partial charge on any atom is 0.251 e. The lowest BCUT2D eigenvalue weighted by Crippen LogP contribution is -2.25. The molecule has 1 aliphatic heterocycles. The summed E-state index contributed by atoms with van der Waals surface area (Å²) in [5.41, 5.74) is 0.644. The van der Waals surface area contributed by atoms with Crippen molar-refractivity contribution in [2.24, 2.45) is 5.92 Å². The number of hydrogen-bond donors (Lipinski definition) is 1. The highest BCUT2D eigenvalue weighted by atomic mass is 16.5. The summed E-state index contributed by atoms with van der Waals surface area (Å²) in [7, 11) is 0. The van der Waals surface area contributed by atoms with E-state index in [4.69, 9.17) is 9.47 Å². The molecule has 3 rings (SSSR count). The Morgan fingerprint density at radius 1 is 1.10 bits per heavy atom. The number of fused-ring (bicyclic) bond motifs is 1. The summed E-state index contributed by atoms with van der Waals surface area (Å²) >= 11 is 0.